The fourth-order valence-electron chi connectivity index (χ4n) is 5.99. The molecule has 3 unspecified atom stereocenters. The van der Waals surface area contributed by atoms with Gasteiger partial charge in [-0.05, 0) is 60.1 Å². The van der Waals surface area contributed by atoms with Crippen molar-refractivity contribution in [3.8, 4) is 0 Å². The van der Waals surface area contributed by atoms with E-state index in [4.69, 9.17) is 11.5 Å². The molecular weight excluding hydrogens is 576 g/mol. The van der Waals surface area contributed by atoms with Gasteiger partial charge in [-0.15, -0.1) is 11.3 Å². The van der Waals surface area contributed by atoms with E-state index in [0.29, 0.717) is 29.2 Å². The number of primary amides is 1. The van der Waals surface area contributed by atoms with E-state index in [0.717, 1.165) is 15.8 Å². The van der Waals surface area contributed by atoms with Crippen LogP contribution in [0.25, 0.3) is 10.9 Å². The third-order valence-electron chi connectivity index (χ3n) is 8.28. The minimum Gasteiger partial charge on any atom is -0.375 e. The number of thiazole rings is 1. The maximum atomic E-state index is 13.5. The molecule has 11 heteroatoms. The number of rotatable bonds is 6. The number of aromatic amines is 1. The van der Waals surface area contributed by atoms with Gasteiger partial charge in [0.25, 0.3) is 5.56 Å². The Balaban J connectivity index is 0.000000510. The van der Waals surface area contributed by atoms with Crippen LogP contribution in [0.3, 0.4) is 0 Å². The van der Waals surface area contributed by atoms with Gasteiger partial charge in [0.1, 0.15) is 12.1 Å². The van der Waals surface area contributed by atoms with Crippen LogP contribution in [0.4, 0.5) is 5.13 Å². The van der Waals surface area contributed by atoms with Crippen LogP contribution in [0.15, 0.2) is 35.3 Å². The molecule has 2 aromatic heterocycles. The van der Waals surface area contributed by atoms with Crippen molar-refractivity contribution in [2.45, 2.75) is 87.2 Å². The van der Waals surface area contributed by atoms with E-state index < -0.39 is 18.0 Å². The number of nitrogens with one attached hydrogen (secondary N) is 2. The summed E-state index contributed by atoms with van der Waals surface area (Å²) in [6, 6.07) is 5.71. The summed E-state index contributed by atoms with van der Waals surface area (Å²) in [5.74, 6) is -0.883. The molecule has 1 saturated carbocycles. The Kier molecular flexibility index (Phi) is 10.7. The Morgan fingerprint density at radius 1 is 1.18 bits per heavy atom. The monoisotopic (exact) mass is 624 g/mol. The number of H-pyrrole nitrogens is 1. The summed E-state index contributed by atoms with van der Waals surface area (Å²) in [6.07, 6.45) is 2.07. The van der Waals surface area contributed by atoms with Crippen LogP contribution < -0.4 is 22.3 Å². The highest BCUT2D eigenvalue weighted by Crippen LogP contribution is 2.65. The van der Waals surface area contributed by atoms with Gasteiger partial charge in [-0.2, -0.15) is 0 Å². The van der Waals surface area contributed by atoms with Gasteiger partial charge in [-0.1, -0.05) is 60.1 Å². The minimum atomic E-state index is -1.06. The van der Waals surface area contributed by atoms with Crippen LogP contribution in [-0.4, -0.2) is 51.2 Å². The summed E-state index contributed by atoms with van der Waals surface area (Å²) in [5.41, 5.74) is 12.5. The van der Waals surface area contributed by atoms with Crippen molar-refractivity contribution in [3.05, 3.63) is 56.8 Å². The van der Waals surface area contributed by atoms with Crippen molar-refractivity contribution < 1.29 is 14.4 Å². The Labute approximate surface area is 264 Å². The van der Waals surface area contributed by atoms with Crippen molar-refractivity contribution in [2.24, 2.45) is 28.4 Å². The van der Waals surface area contributed by atoms with Gasteiger partial charge in [0.05, 0.1) is 0 Å². The lowest BCUT2D eigenvalue weighted by Crippen LogP contribution is -2.55. The zero-order valence-electron chi connectivity index (χ0n) is 27.4. The van der Waals surface area contributed by atoms with Crippen LogP contribution in [-0.2, 0) is 20.8 Å². The van der Waals surface area contributed by atoms with E-state index in [1.807, 2.05) is 66.7 Å². The number of nitrogens with two attached hydrogens (primary N) is 2. The number of carbonyl (C=O) groups excluding carboxylic acids is 3. The number of hydrogen-bond donors (Lipinski definition) is 4. The van der Waals surface area contributed by atoms with Gasteiger partial charge in [0, 0.05) is 41.5 Å². The van der Waals surface area contributed by atoms with Gasteiger partial charge in [0.15, 0.2) is 5.13 Å². The number of aromatic nitrogens is 2. The lowest BCUT2D eigenvalue weighted by atomic mass is 9.90. The summed E-state index contributed by atoms with van der Waals surface area (Å²) in [5, 5.41) is 4.27. The predicted molar refractivity (Wildman–Crippen MR) is 177 cm³/mol. The first kappa shape index (κ1) is 34.8. The SMILES string of the molecule is CC.Cc1ccc2[nH]c(=O)c(CC(NC(=O)[C@@H]3C4C(CN3C(=O)CC(C)(C)C)C4(C)C)C(N)=O)cc2c1.Cc1cnc(N)s1. The maximum absolute atomic E-state index is 13.5. The number of fused-ring (bicyclic) bond motifs is 2. The molecule has 4 atom stereocenters. The standard InChI is InChI=1S/C27H36N4O4.C4H6N2S.C2H6/c1-14-7-8-18-15(9-14)10-16(24(34)29-18)11-19(23(28)33)30-25(35)22-21-17(27(21,5)6)13-31(22)20(32)12-26(2,3)4;1-3-2-6-4(5)7-3;1-2/h7-10,17,19,21-22H,11-13H2,1-6H3,(H2,28,33)(H,29,34)(H,30,35);2H,1H3,(H2,5,6);1-2H3/t17?,19?,21?,22-;;/m0../s1. The molecule has 1 saturated heterocycles. The molecule has 44 heavy (non-hydrogen) atoms. The molecule has 1 aliphatic carbocycles. The van der Waals surface area contributed by atoms with E-state index in [-0.39, 0.29) is 46.5 Å². The average Bonchev–Trinajstić information content (AvgIpc) is 3.24. The molecule has 2 aliphatic rings. The molecular formula is C33H48N6O4S. The summed E-state index contributed by atoms with van der Waals surface area (Å²) in [6.45, 7) is 18.7. The van der Waals surface area contributed by atoms with Gasteiger partial charge in [-0.3, -0.25) is 19.2 Å². The lowest BCUT2D eigenvalue weighted by molar-refractivity contribution is -0.142. The Morgan fingerprint density at radius 3 is 2.36 bits per heavy atom. The largest absolute Gasteiger partial charge is 0.375 e. The molecule has 3 heterocycles. The number of anilines is 1. The fourth-order valence-corrected chi connectivity index (χ4v) is 6.53. The normalized spacial score (nSPS) is 20.4. The first-order chi connectivity index (χ1) is 20.5. The van der Waals surface area contributed by atoms with Crippen LogP contribution in [0.1, 0.15) is 70.9 Å². The van der Waals surface area contributed by atoms with Crippen LogP contribution in [0.2, 0.25) is 0 Å². The highest BCUT2D eigenvalue weighted by molar-refractivity contribution is 7.15. The van der Waals surface area contributed by atoms with Gasteiger partial charge >= 0.3 is 0 Å². The molecule has 0 radical (unpaired) electrons. The van der Waals surface area contributed by atoms with E-state index in [1.54, 1.807) is 17.2 Å². The van der Waals surface area contributed by atoms with E-state index in [1.165, 1.54) is 11.3 Å². The molecule has 0 bridgehead atoms. The topological polar surface area (TPSA) is 164 Å². The first-order valence-corrected chi connectivity index (χ1v) is 16.0. The third-order valence-corrected chi connectivity index (χ3v) is 9.02. The lowest BCUT2D eigenvalue weighted by Gasteiger charge is -2.33. The number of nitrogens with zero attached hydrogens (tertiary/aromatic N) is 2. The number of piperidine rings is 1. The number of carbonyl (C=O) groups is 3. The third kappa shape index (κ3) is 8.05. The molecule has 10 nitrogen and oxygen atoms in total. The number of likely N-dealkylation sites (tertiary alicyclic amines) is 1. The summed E-state index contributed by atoms with van der Waals surface area (Å²) < 4.78 is 0. The van der Waals surface area contributed by atoms with E-state index in [2.05, 4.69) is 29.1 Å². The van der Waals surface area contributed by atoms with Gasteiger partial charge in [0.2, 0.25) is 17.7 Å². The highest BCUT2D eigenvalue weighted by Gasteiger charge is 2.69. The average molecular weight is 625 g/mol. The molecule has 2 fully saturated rings. The molecule has 5 rings (SSSR count). The number of benzene rings is 1. The number of aryl methyl sites for hydroxylation is 2. The van der Waals surface area contributed by atoms with Crippen LogP contribution in [0.5, 0.6) is 0 Å². The van der Waals surface area contributed by atoms with Crippen molar-refractivity contribution in [1.82, 2.24) is 20.2 Å². The van der Waals surface area contributed by atoms with Crippen molar-refractivity contribution in [3.63, 3.8) is 0 Å². The van der Waals surface area contributed by atoms with Crippen molar-refractivity contribution in [2.75, 3.05) is 12.3 Å². The second kappa shape index (κ2) is 13.5. The Bertz CT molecular complexity index is 1550. The molecule has 1 aromatic carbocycles. The quantitative estimate of drug-likeness (QED) is 0.319. The number of nitrogen functional groups attached to an aromatic ring is 1. The van der Waals surface area contributed by atoms with Crippen LogP contribution in [0, 0.1) is 36.5 Å². The summed E-state index contributed by atoms with van der Waals surface area (Å²) >= 11 is 1.51. The molecule has 3 aromatic rings. The van der Waals surface area contributed by atoms with E-state index >= 15 is 0 Å². The smallest absolute Gasteiger partial charge is 0.251 e. The maximum Gasteiger partial charge on any atom is 0.251 e. The number of hydrogen-bond acceptors (Lipinski definition) is 7. The molecule has 1 aliphatic heterocycles. The van der Waals surface area contributed by atoms with Gasteiger partial charge in [-0.25, -0.2) is 4.98 Å². The second-order valence-electron chi connectivity index (χ2n) is 13.4. The first-order valence-electron chi connectivity index (χ1n) is 15.2. The molecule has 6 N–H and O–H groups in total. The summed E-state index contributed by atoms with van der Waals surface area (Å²) in [7, 11) is 0. The predicted octanol–water partition coefficient (Wildman–Crippen LogP) is 4.33. The van der Waals surface area contributed by atoms with Crippen molar-refractivity contribution >= 4 is 45.1 Å². The Hall–Kier alpha value is -3.73. The minimum absolute atomic E-state index is 0.0273. The Morgan fingerprint density at radius 2 is 1.84 bits per heavy atom. The van der Waals surface area contributed by atoms with Gasteiger partial charge < -0.3 is 26.7 Å². The van der Waals surface area contributed by atoms with Crippen molar-refractivity contribution in [1.29, 1.82) is 0 Å². The second-order valence-corrected chi connectivity index (χ2v) is 14.6. The molecule has 240 valence electrons. The molecule has 0 spiro atoms. The zero-order valence-corrected chi connectivity index (χ0v) is 28.2. The number of amides is 3. The zero-order chi connectivity index (χ0) is 33.1. The highest BCUT2D eigenvalue weighted by atomic mass is 32.1. The van der Waals surface area contributed by atoms with E-state index in [9.17, 15) is 19.2 Å². The summed E-state index contributed by atoms with van der Waals surface area (Å²) in [4.78, 5) is 61.0. The van der Waals surface area contributed by atoms with Crippen LogP contribution >= 0.6 is 11.3 Å². The fraction of sp³-hybridized carbons (Fsp3) is 0.545. The molecule has 3 amide bonds. The number of pyridine rings is 1.